The van der Waals surface area contributed by atoms with Gasteiger partial charge in [-0.2, -0.15) is 0 Å². The first-order chi connectivity index (χ1) is 11.8. The van der Waals surface area contributed by atoms with Crippen molar-refractivity contribution in [3.8, 4) is 11.5 Å². The lowest BCUT2D eigenvalue weighted by Gasteiger charge is -2.21. The van der Waals surface area contributed by atoms with Crippen molar-refractivity contribution >= 4 is 5.91 Å². The van der Waals surface area contributed by atoms with Crippen LogP contribution in [0.3, 0.4) is 0 Å². The summed E-state index contributed by atoms with van der Waals surface area (Å²) >= 11 is 0. The van der Waals surface area contributed by atoms with E-state index in [0.29, 0.717) is 18.9 Å². The number of nitrogens with zero attached hydrogens (tertiary/aromatic N) is 1. The highest BCUT2D eigenvalue weighted by Crippen LogP contribution is 2.20. The Kier molecular flexibility index (Phi) is 6.01. The van der Waals surface area contributed by atoms with Gasteiger partial charge in [0.05, 0.1) is 11.8 Å². The van der Waals surface area contributed by atoms with Gasteiger partial charge in [-0.1, -0.05) is 37.5 Å². The standard InChI is InChI=1S/C19H24N2O3/c22-18(14-23-17-9-5-2-6-10-17)20-12-11-16-13-24-19(21-16)15-7-3-1-4-8-15/h1,3-4,7-8,13,17H,2,5-6,9-12,14H2,(H,20,22). The molecule has 0 spiro atoms. The van der Waals surface area contributed by atoms with Crippen molar-refractivity contribution < 1.29 is 13.9 Å². The Labute approximate surface area is 142 Å². The van der Waals surface area contributed by atoms with Gasteiger partial charge in [0.2, 0.25) is 11.8 Å². The topological polar surface area (TPSA) is 64.4 Å². The molecule has 0 saturated heterocycles. The van der Waals surface area contributed by atoms with Gasteiger partial charge in [-0.3, -0.25) is 4.79 Å². The Balaban J connectivity index is 1.37. The van der Waals surface area contributed by atoms with E-state index in [0.717, 1.165) is 24.1 Å². The number of hydrogen-bond donors (Lipinski definition) is 1. The molecule has 1 saturated carbocycles. The first-order valence-corrected chi connectivity index (χ1v) is 8.69. The van der Waals surface area contributed by atoms with Crippen LogP contribution in [0.4, 0.5) is 0 Å². The number of aromatic nitrogens is 1. The molecular weight excluding hydrogens is 304 g/mol. The number of rotatable bonds is 7. The minimum atomic E-state index is -0.0626. The molecule has 1 heterocycles. The monoisotopic (exact) mass is 328 g/mol. The fourth-order valence-electron chi connectivity index (χ4n) is 2.94. The third-order valence-corrected chi connectivity index (χ3v) is 4.28. The summed E-state index contributed by atoms with van der Waals surface area (Å²) in [5.74, 6) is 0.546. The van der Waals surface area contributed by atoms with Crippen LogP contribution in [0.1, 0.15) is 37.8 Å². The van der Waals surface area contributed by atoms with Crippen molar-refractivity contribution in [2.75, 3.05) is 13.2 Å². The van der Waals surface area contributed by atoms with Crippen LogP contribution in [-0.4, -0.2) is 30.1 Å². The first-order valence-electron chi connectivity index (χ1n) is 8.69. The predicted molar refractivity (Wildman–Crippen MR) is 91.5 cm³/mol. The van der Waals surface area contributed by atoms with E-state index in [1.807, 2.05) is 30.3 Å². The highest BCUT2D eigenvalue weighted by atomic mass is 16.5. The molecular formula is C19H24N2O3. The molecule has 2 aromatic rings. The lowest BCUT2D eigenvalue weighted by Crippen LogP contribution is -2.31. The number of hydrogen-bond acceptors (Lipinski definition) is 4. The highest BCUT2D eigenvalue weighted by Gasteiger charge is 2.15. The summed E-state index contributed by atoms with van der Waals surface area (Å²) in [4.78, 5) is 16.3. The maximum Gasteiger partial charge on any atom is 0.246 e. The van der Waals surface area contributed by atoms with Crippen molar-refractivity contribution in [2.45, 2.75) is 44.6 Å². The van der Waals surface area contributed by atoms with Crippen LogP contribution in [0.15, 0.2) is 41.0 Å². The number of carbonyl (C=O) groups is 1. The molecule has 128 valence electrons. The molecule has 1 aromatic carbocycles. The third-order valence-electron chi connectivity index (χ3n) is 4.28. The smallest absolute Gasteiger partial charge is 0.246 e. The number of amides is 1. The van der Waals surface area contributed by atoms with Crippen molar-refractivity contribution in [1.29, 1.82) is 0 Å². The zero-order chi connectivity index (χ0) is 16.6. The average Bonchev–Trinajstić information content (AvgIpc) is 3.11. The lowest BCUT2D eigenvalue weighted by molar-refractivity contribution is -0.128. The van der Waals surface area contributed by atoms with Crippen molar-refractivity contribution in [2.24, 2.45) is 0 Å². The van der Waals surface area contributed by atoms with E-state index >= 15 is 0 Å². The summed E-state index contributed by atoms with van der Waals surface area (Å²) in [7, 11) is 0. The molecule has 3 rings (SSSR count). The first kappa shape index (κ1) is 16.7. The van der Waals surface area contributed by atoms with Gasteiger partial charge in [0.25, 0.3) is 0 Å². The molecule has 24 heavy (non-hydrogen) atoms. The molecule has 5 heteroatoms. The summed E-state index contributed by atoms with van der Waals surface area (Å²) in [6, 6.07) is 9.77. The van der Waals surface area contributed by atoms with Crippen LogP contribution < -0.4 is 5.32 Å². The Hall–Kier alpha value is -2.14. The van der Waals surface area contributed by atoms with E-state index < -0.39 is 0 Å². The Bertz CT molecular complexity index is 633. The zero-order valence-electron chi connectivity index (χ0n) is 13.9. The average molecular weight is 328 g/mol. The summed E-state index contributed by atoms with van der Waals surface area (Å²) in [5, 5.41) is 2.87. The number of nitrogens with one attached hydrogen (secondary N) is 1. The molecule has 5 nitrogen and oxygen atoms in total. The van der Waals surface area contributed by atoms with Gasteiger partial charge in [-0.15, -0.1) is 0 Å². The molecule has 1 amide bonds. The highest BCUT2D eigenvalue weighted by molar-refractivity contribution is 5.77. The second-order valence-electron chi connectivity index (χ2n) is 6.18. The van der Waals surface area contributed by atoms with Crippen LogP contribution in [-0.2, 0) is 16.0 Å². The van der Waals surface area contributed by atoms with Gasteiger partial charge in [0.1, 0.15) is 12.9 Å². The number of oxazole rings is 1. The summed E-state index contributed by atoms with van der Waals surface area (Å²) in [6.07, 6.45) is 8.41. The number of carbonyl (C=O) groups excluding carboxylic acids is 1. The van der Waals surface area contributed by atoms with Gasteiger partial charge < -0.3 is 14.5 Å². The Morgan fingerprint density at radius 1 is 1.21 bits per heavy atom. The van der Waals surface area contributed by atoms with Gasteiger partial charge in [0.15, 0.2) is 0 Å². The van der Waals surface area contributed by atoms with E-state index in [-0.39, 0.29) is 18.6 Å². The van der Waals surface area contributed by atoms with Crippen LogP contribution in [0.2, 0.25) is 0 Å². The van der Waals surface area contributed by atoms with Crippen molar-refractivity contribution in [3.63, 3.8) is 0 Å². The van der Waals surface area contributed by atoms with Crippen LogP contribution in [0.5, 0.6) is 0 Å². The van der Waals surface area contributed by atoms with E-state index in [2.05, 4.69) is 10.3 Å². The van der Waals surface area contributed by atoms with E-state index in [4.69, 9.17) is 9.15 Å². The van der Waals surface area contributed by atoms with Gasteiger partial charge >= 0.3 is 0 Å². The Morgan fingerprint density at radius 3 is 2.79 bits per heavy atom. The summed E-state index contributed by atoms with van der Waals surface area (Å²) < 4.78 is 11.1. The maximum atomic E-state index is 11.8. The molecule has 1 aliphatic carbocycles. The quantitative estimate of drug-likeness (QED) is 0.846. The molecule has 0 bridgehead atoms. The summed E-state index contributed by atoms with van der Waals surface area (Å²) in [5.41, 5.74) is 1.79. The molecule has 1 aromatic heterocycles. The summed E-state index contributed by atoms with van der Waals surface area (Å²) in [6.45, 7) is 0.687. The molecule has 0 radical (unpaired) electrons. The lowest BCUT2D eigenvalue weighted by atomic mass is 9.98. The number of benzene rings is 1. The van der Waals surface area contributed by atoms with Crippen LogP contribution in [0, 0.1) is 0 Å². The van der Waals surface area contributed by atoms with Gasteiger partial charge in [-0.05, 0) is 25.0 Å². The molecule has 1 N–H and O–H groups in total. The van der Waals surface area contributed by atoms with Crippen molar-refractivity contribution in [1.82, 2.24) is 10.3 Å². The fourth-order valence-corrected chi connectivity index (χ4v) is 2.94. The van der Waals surface area contributed by atoms with E-state index in [9.17, 15) is 4.79 Å². The van der Waals surface area contributed by atoms with Gasteiger partial charge in [0, 0.05) is 18.5 Å². The van der Waals surface area contributed by atoms with E-state index in [1.165, 1.54) is 19.3 Å². The minimum Gasteiger partial charge on any atom is -0.444 e. The molecule has 1 fully saturated rings. The van der Waals surface area contributed by atoms with Crippen LogP contribution >= 0.6 is 0 Å². The predicted octanol–water partition coefficient (Wildman–Crippen LogP) is 3.35. The van der Waals surface area contributed by atoms with E-state index in [1.54, 1.807) is 6.26 Å². The zero-order valence-corrected chi connectivity index (χ0v) is 13.9. The molecule has 0 unspecified atom stereocenters. The largest absolute Gasteiger partial charge is 0.444 e. The normalized spacial score (nSPS) is 15.3. The van der Waals surface area contributed by atoms with Crippen LogP contribution in [0.25, 0.3) is 11.5 Å². The number of ether oxygens (including phenoxy) is 1. The molecule has 0 atom stereocenters. The van der Waals surface area contributed by atoms with Gasteiger partial charge in [-0.25, -0.2) is 4.98 Å². The third kappa shape index (κ3) is 4.93. The second kappa shape index (κ2) is 8.64. The maximum absolute atomic E-state index is 11.8. The second-order valence-corrected chi connectivity index (χ2v) is 6.18. The molecule has 0 aliphatic heterocycles. The van der Waals surface area contributed by atoms with Crippen molar-refractivity contribution in [3.05, 3.63) is 42.3 Å². The minimum absolute atomic E-state index is 0.0626. The fraction of sp³-hybridized carbons (Fsp3) is 0.474. The SMILES string of the molecule is O=C(COC1CCCCC1)NCCc1coc(-c2ccccc2)n1. The molecule has 1 aliphatic rings. The Morgan fingerprint density at radius 2 is 2.00 bits per heavy atom.